The van der Waals surface area contributed by atoms with Gasteiger partial charge in [-0.05, 0) is 13.3 Å². The number of aliphatic hydroxyl groups is 1. The van der Waals surface area contributed by atoms with E-state index in [1.165, 1.54) is 10.9 Å². The van der Waals surface area contributed by atoms with Crippen molar-refractivity contribution in [2.45, 2.75) is 32.0 Å². The highest BCUT2D eigenvalue weighted by atomic mass is 32.2. The van der Waals surface area contributed by atoms with Crippen LogP contribution in [-0.4, -0.2) is 54.7 Å². The van der Waals surface area contributed by atoms with E-state index in [0.29, 0.717) is 12.3 Å². The molecule has 20 heavy (non-hydrogen) atoms. The van der Waals surface area contributed by atoms with E-state index in [1.807, 2.05) is 6.92 Å². The van der Waals surface area contributed by atoms with Gasteiger partial charge in [-0.2, -0.15) is 5.10 Å². The maximum atomic E-state index is 11.0. The SMILES string of the molecule is CC(CCS(C)=O)NCC(O)Cn1cc([N+](=O)[O-])cn1. The lowest BCUT2D eigenvalue weighted by Crippen LogP contribution is -2.36. The summed E-state index contributed by atoms with van der Waals surface area (Å²) in [6.45, 7) is 2.50. The molecule has 0 bridgehead atoms. The van der Waals surface area contributed by atoms with Gasteiger partial charge in [-0.3, -0.25) is 19.0 Å². The van der Waals surface area contributed by atoms with Crippen molar-refractivity contribution in [1.82, 2.24) is 15.1 Å². The molecule has 0 aliphatic heterocycles. The summed E-state index contributed by atoms with van der Waals surface area (Å²) >= 11 is 0. The Bertz CT molecular complexity index is 465. The number of nitrogens with one attached hydrogen (secondary N) is 1. The molecule has 1 aromatic heterocycles. The van der Waals surface area contributed by atoms with Crippen molar-refractivity contribution < 1.29 is 14.2 Å². The summed E-state index contributed by atoms with van der Waals surface area (Å²) in [6, 6.07) is 0.153. The lowest BCUT2D eigenvalue weighted by Gasteiger charge is -2.16. The average Bonchev–Trinajstić information content (AvgIpc) is 2.82. The van der Waals surface area contributed by atoms with Crippen molar-refractivity contribution in [3.8, 4) is 0 Å². The highest BCUT2D eigenvalue weighted by Gasteiger charge is 2.12. The van der Waals surface area contributed by atoms with Gasteiger partial charge in [0.2, 0.25) is 0 Å². The normalized spacial score (nSPS) is 15.8. The third-order valence-electron chi connectivity index (χ3n) is 2.77. The van der Waals surface area contributed by atoms with Gasteiger partial charge in [-0.15, -0.1) is 0 Å². The molecule has 0 radical (unpaired) electrons. The van der Waals surface area contributed by atoms with E-state index in [4.69, 9.17) is 0 Å². The number of nitrogens with zero attached hydrogens (tertiary/aromatic N) is 3. The van der Waals surface area contributed by atoms with Crippen LogP contribution >= 0.6 is 0 Å². The van der Waals surface area contributed by atoms with Gasteiger partial charge in [0.1, 0.15) is 12.4 Å². The van der Waals surface area contributed by atoms with Crippen LogP contribution in [0, 0.1) is 10.1 Å². The highest BCUT2D eigenvalue weighted by molar-refractivity contribution is 7.84. The highest BCUT2D eigenvalue weighted by Crippen LogP contribution is 2.08. The molecule has 0 spiro atoms. The largest absolute Gasteiger partial charge is 0.390 e. The van der Waals surface area contributed by atoms with E-state index in [9.17, 15) is 19.4 Å². The van der Waals surface area contributed by atoms with Gasteiger partial charge in [-0.1, -0.05) is 0 Å². The zero-order valence-corrected chi connectivity index (χ0v) is 12.4. The molecule has 8 nitrogen and oxygen atoms in total. The molecule has 2 N–H and O–H groups in total. The van der Waals surface area contributed by atoms with Gasteiger partial charge in [0, 0.05) is 35.4 Å². The molecule has 0 aliphatic carbocycles. The second kappa shape index (κ2) is 8.08. The summed E-state index contributed by atoms with van der Waals surface area (Å²) in [4.78, 5) is 9.97. The minimum atomic E-state index is -0.814. The van der Waals surface area contributed by atoms with Gasteiger partial charge < -0.3 is 10.4 Å². The van der Waals surface area contributed by atoms with Crippen LogP contribution in [0.4, 0.5) is 5.69 Å². The quantitative estimate of drug-likeness (QED) is 0.487. The summed E-state index contributed by atoms with van der Waals surface area (Å²) in [5.74, 6) is 0.621. The van der Waals surface area contributed by atoms with Gasteiger partial charge in [0.05, 0.1) is 17.6 Å². The van der Waals surface area contributed by atoms with Crippen LogP contribution in [0.15, 0.2) is 12.4 Å². The number of aliphatic hydroxyl groups excluding tert-OH is 1. The maximum Gasteiger partial charge on any atom is 0.306 e. The molecule has 1 aromatic rings. The van der Waals surface area contributed by atoms with E-state index in [2.05, 4.69) is 10.4 Å². The van der Waals surface area contributed by atoms with Crippen LogP contribution < -0.4 is 5.32 Å². The van der Waals surface area contributed by atoms with Crippen LogP contribution in [0.3, 0.4) is 0 Å². The van der Waals surface area contributed by atoms with Crippen LogP contribution in [0.5, 0.6) is 0 Å². The summed E-state index contributed by atoms with van der Waals surface area (Å²) in [6.07, 6.45) is 4.17. The molecule has 0 amide bonds. The molecule has 3 atom stereocenters. The lowest BCUT2D eigenvalue weighted by atomic mass is 10.2. The van der Waals surface area contributed by atoms with Gasteiger partial charge in [0.15, 0.2) is 0 Å². The van der Waals surface area contributed by atoms with Crippen molar-refractivity contribution in [3.63, 3.8) is 0 Å². The molecule has 0 saturated carbocycles. The van der Waals surface area contributed by atoms with E-state index < -0.39 is 21.8 Å². The Balaban J connectivity index is 2.30. The Labute approximate surface area is 119 Å². The van der Waals surface area contributed by atoms with Crippen molar-refractivity contribution in [2.75, 3.05) is 18.6 Å². The number of rotatable bonds is 9. The Kier molecular flexibility index (Phi) is 6.76. The average molecular weight is 304 g/mol. The third-order valence-corrected chi connectivity index (χ3v) is 3.58. The van der Waals surface area contributed by atoms with Crippen LogP contribution in [0.2, 0.25) is 0 Å². The van der Waals surface area contributed by atoms with Gasteiger partial charge in [-0.25, -0.2) is 0 Å². The standard InChI is InChI=1S/C11H20N4O4S/c1-9(3-4-20(2)19)12-6-11(16)8-14-7-10(5-13-14)15(17)18/h5,7,9,11-12,16H,3-4,6,8H2,1-2H3. The minimum absolute atomic E-state index is 0.0936. The van der Waals surface area contributed by atoms with Crippen LogP contribution in [0.25, 0.3) is 0 Å². The number of aromatic nitrogens is 2. The molecular weight excluding hydrogens is 284 g/mol. The first-order chi connectivity index (χ1) is 9.38. The number of nitro groups is 1. The van der Waals surface area contributed by atoms with Crippen molar-refractivity contribution >= 4 is 16.5 Å². The zero-order chi connectivity index (χ0) is 15.1. The molecule has 0 aromatic carbocycles. The summed E-state index contributed by atoms with van der Waals surface area (Å²) in [5.41, 5.74) is -0.0936. The van der Waals surface area contributed by atoms with E-state index in [0.717, 1.165) is 12.6 Å². The predicted octanol–water partition coefficient (Wildman–Crippen LogP) is -0.101. The molecule has 0 fully saturated rings. The Morgan fingerprint density at radius 3 is 2.90 bits per heavy atom. The van der Waals surface area contributed by atoms with Gasteiger partial charge in [0.25, 0.3) is 0 Å². The second-order valence-corrected chi connectivity index (χ2v) is 6.26. The zero-order valence-electron chi connectivity index (χ0n) is 11.6. The molecule has 114 valence electrons. The maximum absolute atomic E-state index is 11.0. The Morgan fingerprint density at radius 1 is 1.65 bits per heavy atom. The number of hydrogen-bond acceptors (Lipinski definition) is 6. The monoisotopic (exact) mass is 304 g/mol. The molecule has 3 unspecified atom stereocenters. The molecule has 9 heteroatoms. The Hall–Kier alpha value is -1.32. The second-order valence-electron chi connectivity index (χ2n) is 4.71. The van der Waals surface area contributed by atoms with E-state index in [1.54, 1.807) is 6.26 Å². The molecule has 0 saturated heterocycles. The molecular formula is C11H20N4O4S. The first kappa shape index (κ1) is 16.7. The summed E-state index contributed by atoms with van der Waals surface area (Å²) in [7, 11) is -0.814. The fourth-order valence-electron chi connectivity index (χ4n) is 1.61. The minimum Gasteiger partial charge on any atom is -0.390 e. The molecule has 0 aliphatic rings. The van der Waals surface area contributed by atoms with E-state index in [-0.39, 0.29) is 18.3 Å². The number of hydrogen-bond donors (Lipinski definition) is 2. The fourth-order valence-corrected chi connectivity index (χ4v) is 2.29. The lowest BCUT2D eigenvalue weighted by molar-refractivity contribution is -0.385. The summed E-state index contributed by atoms with van der Waals surface area (Å²) in [5, 5.41) is 27.3. The van der Waals surface area contributed by atoms with Crippen molar-refractivity contribution in [3.05, 3.63) is 22.5 Å². The van der Waals surface area contributed by atoms with Crippen LogP contribution in [0.1, 0.15) is 13.3 Å². The first-order valence-corrected chi connectivity index (χ1v) is 7.99. The smallest absolute Gasteiger partial charge is 0.306 e. The summed E-state index contributed by atoms with van der Waals surface area (Å²) < 4.78 is 12.3. The van der Waals surface area contributed by atoms with Crippen LogP contribution in [-0.2, 0) is 17.3 Å². The Morgan fingerprint density at radius 2 is 2.35 bits per heavy atom. The topological polar surface area (TPSA) is 110 Å². The van der Waals surface area contributed by atoms with Gasteiger partial charge >= 0.3 is 5.69 Å². The third kappa shape index (κ3) is 6.22. The predicted molar refractivity (Wildman–Crippen MR) is 75.9 cm³/mol. The van der Waals surface area contributed by atoms with E-state index >= 15 is 0 Å². The fraction of sp³-hybridized carbons (Fsp3) is 0.727. The molecule has 1 rings (SSSR count). The first-order valence-electron chi connectivity index (χ1n) is 6.26. The molecule has 1 heterocycles. The van der Waals surface area contributed by atoms with Crippen molar-refractivity contribution in [2.24, 2.45) is 0 Å². The van der Waals surface area contributed by atoms with Crippen molar-refractivity contribution in [1.29, 1.82) is 0 Å².